The molecule has 1 rings (SSSR count). The van der Waals surface area contributed by atoms with Crippen LogP contribution >= 0.6 is 58.0 Å². The number of halogens is 5. The maximum absolute atomic E-state index is 12.2. The first-order valence-electron chi connectivity index (χ1n) is 8.81. The molecule has 0 spiro atoms. The van der Waals surface area contributed by atoms with E-state index in [9.17, 15) is 4.79 Å². The maximum Gasteiger partial charge on any atom is 0.228 e. The van der Waals surface area contributed by atoms with Crippen molar-refractivity contribution in [1.29, 1.82) is 0 Å². The molecule has 0 bridgehead atoms. The van der Waals surface area contributed by atoms with E-state index in [0.717, 1.165) is 19.3 Å². The normalized spacial score (nSPS) is 12.7. The summed E-state index contributed by atoms with van der Waals surface area (Å²) in [7, 11) is 0. The Kier molecular flexibility index (Phi) is 11.4. The van der Waals surface area contributed by atoms with Gasteiger partial charge in [-0.15, -0.1) is 0 Å². The van der Waals surface area contributed by atoms with Gasteiger partial charge < -0.3 is 10.6 Å². The molecule has 0 aliphatic carbocycles. The fourth-order valence-electron chi connectivity index (χ4n) is 2.43. The zero-order valence-electron chi connectivity index (χ0n) is 14.8. The van der Waals surface area contributed by atoms with Crippen molar-refractivity contribution in [2.24, 2.45) is 0 Å². The van der Waals surface area contributed by atoms with E-state index in [0.29, 0.717) is 22.2 Å². The fourth-order valence-corrected chi connectivity index (χ4v) is 3.05. The third-order valence-corrected chi connectivity index (χ3v) is 5.26. The Morgan fingerprint density at radius 2 is 1.62 bits per heavy atom. The highest BCUT2D eigenvalue weighted by molar-refractivity contribution is 6.68. The predicted molar refractivity (Wildman–Crippen MR) is 115 cm³/mol. The summed E-state index contributed by atoms with van der Waals surface area (Å²) < 4.78 is -1.72. The number of anilines is 1. The van der Waals surface area contributed by atoms with Crippen molar-refractivity contribution in [2.75, 3.05) is 5.32 Å². The molecule has 0 aliphatic heterocycles. The number of unbranched alkanes of at least 4 members (excludes halogenated alkanes) is 6. The molecule has 0 saturated heterocycles. The molecule has 3 nitrogen and oxygen atoms in total. The minimum absolute atomic E-state index is 0.164. The van der Waals surface area contributed by atoms with Gasteiger partial charge in [-0.25, -0.2) is 0 Å². The lowest BCUT2D eigenvalue weighted by molar-refractivity contribution is -0.121. The molecule has 148 valence electrons. The van der Waals surface area contributed by atoms with E-state index < -0.39 is 9.96 Å². The van der Waals surface area contributed by atoms with Crippen LogP contribution in [-0.4, -0.2) is 15.9 Å². The Morgan fingerprint density at radius 3 is 2.19 bits per heavy atom. The van der Waals surface area contributed by atoms with Crippen LogP contribution in [0.25, 0.3) is 0 Å². The summed E-state index contributed by atoms with van der Waals surface area (Å²) in [6, 6.07) is 4.93. The number of carbonyl (C=O) groups excluding carboxylic acids is 1. The standard InChI is InChI=1S/C18H25Cl5N2O/c1-2-3-4-5-6-7-8-9-16(26)25-17(18(21,22)23)24-13-10-11-14(19)15(20)12-13/h10-12,17,24H,2-9H2,1H3,(H,25,26)/t17-/m0/s1. The van der Waals surface area contributed by atoms with Crippen LogP contribution in [0.5, 0.6) is 0 Å². The van der Waals surface area contributed by atoms with Gasteiger partial charge in [-0.05, 0) is 24.6 Å². The molecule has 1 aromatic carbocycles. The summed E-state index contributed by atoms with van der Waals surface area (Å²) in [6.07, 6.45) is 7.46. The van der Waals surface area contributed by atoms with Crippen molar-refractivity contribution in [1.82, 2.24) is 5.32 Å². The molecule has 0 heterocycles. The lowest BCUT2D eigenvalue weighted by Crippen LogP contribution is -2.49. The van der Waals surface area contributed by atoms with E-state index in [-0.39, 0.29) is 5.91 Å². The molecular weight excluding hydrogens is 437 g/mol. The van der Waals surface area contributed by atoms with Crippen molar-refractivity contribution >= 4 is 69.6 Å². The Hall–Kier alpha value is -0.0600. The quantitative estimate of drug-likeness (QED) is 0.205. The lowest BCUT2D eigenvalue weighted by Gasteiger charge is -2.27. The lowest BCUT2D eigenvalue weighted by atomic mass is 10.1. The Balaban J connectivity index is 2.46. The van der Waals surface area contributed by atoms with Gasteiger partial charge in [0.2, 0.25) is 9.70 Å². The van der Waals surface area contributed by atoms with Gasteiger partial charge in [0, 0.05) is 12.1 Å². The van der Waals surface area contributed by atoms with Gasteiger partial charge in [-0.2, -0.15) is 0 Å². The summed E-state index contributed by atoms with van der Waals surface area (Å²) in [4.78, 5) is 12.2. The number of benzene rings is 1. The maximum atomic E-state index is 12.2. The highest BCUT2D eigenvalue weighted by Crippen LogP contribution is 2.32. The molecule has 2 N–H and O–H groups in total. The average molecular weight is 463 g/mol. The minimum Gasteiger partial charge on any atom is -0.362 e. The molecule has 1 atom stereocenters. The molecule has 8 heteroatoms. The predicted octanol–water partition coefficient (Wildman–Crippen LogP) is 7.36. The van der Waals surface area contributed by atoms with Crippen LogP contribution in [0.15, 0.2) is 18.2 Å². The van der Waals surface area contributed by atoms with Crippen LogP contribution in [0.4, 0.5) is 5.69 Å². The number of rotatable bonds is 11. The number of nitrogens with one attached hydrogen (secondary N) is 2. The Morgan fingerprint density at radius 1 is 1.00 bits per heavy atom. The summed E-state index contributed by atoms with van der Waals surface area (Å²) >= 11 is 29.9. The largest absolute Gasteiger partial charge is 0.362 e. The number of hydrogen-bond donors (Lipinski definition) is 2. The molecule has 0 unspecified atom stereocenters. The topological polar surface area (TPSA) is 41.1 Å². The molecular formula is C18H25Cl5N2O. The van der Waals surface area contributed by atoms with Gasteiger partial charge in [0.15, 0.2) is 0 Å². The fraction of sp³-hybridized carbons (Fsp3) is 0.611. The number of hydrogen-bond acceptors (Lipinski definition) is 2. The second kappa shape index (κ2) is 12.4. The summed E-state index contributed by atoms with van der Waals surface area (Å²) in [6.45, 7) is 2.19. The van der Waals surface area contributed by atoms with E-state index in [1.807, 2.05) is 0 Å². The first-order chi connectivity index (χ1) is 12.2. The second-order valence-electron chi connectivity index (χ2n) is 6.19. The first kappa shape index (κ1) is 24.0. The molecule has 0 aromatic heterocycles. The SMILES string of the molecule is CCCCCCCCCC(=O)N[C@H](Nc1ccc(Cl)c(Cl)c1)C(Cl)(Cl)Cl. The molecule has 0 radical (unpaired) electrons. The highest BCUT2D eigenvalue weighted by atomic mass is 35.6. The van der Waals surface area contributed by atoms with Gasteiger partial charge >= 0.3 is 0 Å². The van der Waals surface area contributed by atoms with E-state index in [4.69, 9.17) is 58.0 Å². The van der Waals surface area contributed by atoms with Gasteiger partial charge in [0.25, 0.3) is 0 Å². The summed E-state index contributed by atoms with van der Waals surface area (Å²) in [5.41, 5.74) is 0.590. The molecule has 0 saturated carbocycles. The summed E-state index contributed by atoms with van der Waals surface area (Å²) in [5, 5.41) is 6.49. The number of alkyl halides is 3. The highest BCUT2D eigenvalue weighted by Gasteiger charge is 2.34. The van der Waals surface area contributed by atoms with Gasteiger partial charge in [0.1, 0.15) is 6.17 Å². The third-order valence-electron chi connectivity index (χ3n) is 3.87. The molecule has 1 aromatic rings. The van der Waals surface area contributed by atoms with Crippen LogP contribution in [0.1, 0.15) is 58.3 Å². The molecule has 0 aliphatic rings. The van der Waals surface area contributed by atoms with E-state index >= 15 is 0 Å². The van der Waals surface area contributed by atoms with Crippen LogP contribution < -0.4 is 10.6 Å². The van der Waals surface area contributed by atoms with Crippen molar-refractivity contribution in [3.05, 3.63) is 28.2 Å². The minimum atomic E-state index is -1.72. The average Bonchev–Trinajstić information content (AvgIpc) is 2.56. The van der Waals surface area contributed by atoms with Crippen LogP contribution in [0.2, 0.25) is 10.0 Å². The number of carbonyl (C=O) groups is 1. The van der Waals surface area contributed by atoms with E-state index in [1.165, 1.54) is 25.7 Å². The van der Waals surface area contributed by atoms with Crippen LogP contribution in [0.3, 0.4) is 0 Å². The van der Waals surface area contributed by atoms with Crippen LogP contribution in [-0.2, 0) is 4.79 Å². The van der Waals surface area contributed by atoms with Gasteiger partial charge in [-0.1, -0.05) is 103 Å². The Bertz CT molecular complexity index is 563. The monoisotopic (exact) mass is 460 g/mol. The zero-order chi connectivity index (χ0) is 19.6. The van der Waals surface area contributed by atoms with Gasteiger partial charge in [0.05, 0.1) is 10.0 Å². The van der Waals surface area contributed by atoms with E-state index in [1.54, 1.807) is 18.2 Å². The Labute approximate surface area is 181 Å². The number of amides is 1. The smallest absolute Gasteiger partial charge is 0.228 e. The van der Waals surface area contributed by atoms with Crippen molar-refractivity contribution in [2.45, 2.75) is 68.2 Å². The first-order valence-corrected chi connectivity index (χ1v) is 10.7. The molecule has 0 fully saturated rings. The summed E-state index contributed by atoms with van der Waals surface area (Å²) in [5.74, 6) is -0.164. The van der Waals surface area contributed by atoms with Crippen molar-refractivity contribution < 1.29 is 4.79 Å². The van der Waals surface area contributed by atoms with E-state index in [2.05, 4.69) is 17.6 Å². The second-order valence-corrected chi connectivity index (χ2v) is 9.37. The van der Waals surface area contributed by atoms with Crippen molar-refractivity contribution in [3.63, 3.8) is 0 Å². The van der Waals surface area contributed by atoms with Crippen molar-refractivity contribution in [3.8, 4) is 0 Å². The zero-order valence-corrected chi connectivity index (χ0v) is 18.5. The third kappa shape index (κ3) is 9.75. The van der Waals surface area contributed by atoms with Crippen LogP contribution in [0, 0.1) is 0 Å². The molecule has 26 heavy (non-hydrogen) atoms. The molecule has 1 amide bonds. The van der Waals surface area contributed by atoms with Gasteiger partial charge in [-0.3, -0.25) is 4.79 Å².